The van der Waals surface area contributed by atoms with Crippen LogP contribution in [0.15, 0.2) is 34.5 Å². The van der Waals surface area contributed by atoms with Crippen LogP contribution in [0.5, 0.6) is 0 Å². The van der Waals surface area contributed by atoms with Gasteiger partial charge in [-0.1, -0.05) is 30.7 Å². The smallest absolute Gasteiger partial charge is 0.211 e. The van der Waals surface area contributed by atoms with Crippen LogP contribution in [0.1, 0.15) is 37.3 Å². The molecule has 0 aliphatic carbocycles. The molecule has 1 aromatic carbocycles. The summed E-state index contributed by atoms with van der Waals surface area (Å²) in [7, 11) is 0. The second kappa shape index (κ2) is 7.05. The Kier molecular flexibility index (Phi) is 5.12. The Labute approximate surface area is 120 Å². The minimum atomic E-state index is -0.0306. The van der Waals surface area contributed by atoms with Crippen LogP contribution >= 0.6 is 0 Å². The van der Waals surface area contributed by atoms with E-state index >= 15 is 0 Å². The predicted molar refractivity (Wildman–Crippen MR) is 83.6 cm³/mol. The van der Waals surface area contributed by atoms with E-state index in [0.717, 1.165) is 12.1 Å². The third-order valence-corrected chi connectivity index (χ3v) is 3.69. The van der Waals surface area contributed by atoms with Gasteiger partial charge in [0.1, 0.15) is 0 Å². The van der Waals surface area contributed by atoms with Gasteiger partial charge in [0.05, 0.1) is 6.21 Å². The van der Waals surface area contributed by atoms with Crippen molar-refractivity contribution in [1.29, 1.82) is 0 Å². The number of likely N-dealkylation sites (tertiary alicyclic amines) is 1. The number of hydrogen-bond acceptors (Lipinski definition) is 3. The van der Waals surface area contributed by atoms with Gasteiger partial charge in [-0.15, -0.1) is 5.10 Å². The number of rotatable bonds is 4. The summed E-state index contributed by atoms with van der Waals surface area (Å²) >= 11 is 0. The maximum absolute atomic E-state index is 5.21. The molecule has 20 heavy (non-hydrogen) atoms. The Morgan fingerprint density at radius 1 is 1.30 bits per heavy atom. The van der Waals surface area contributed by atoms with Gasteiger partial charge in [0.15, 0.2) is 0 Å². The molecule has 1 aromatic rings. The van der Waals surface area contributed by atoms with E-state index in [2.05, 4.69) is 34.2 Å². The van der Waals surface area contributed by atoms with Crippen LogP contribution < -0.4 is 11.5 Å². The summed E-state index contributed by atoms with van der Waals surface area (Å²) in [5, 5.41) is 7.38. The van der Waals surface area contributed by atoms with E-state index in [1.165, 1.54) is 31.4 Å². The lowest BCUT2D eigenvalue weighted by Crippen LogP contribution is -2.36. The van der Waals surface area contributed by atoms with Gasteiger partial charge in [-0.2, -0.15) is 5.10 Å². The molecule has 2 rings (SSSR count). The van der Waals surface area contributed by atoms with Crippen molar-refractivity contribution in [3.8, 4) is 0 Å². The molecule has 1 aliphatic rings. The van der Waals surface area contributed by atoms with Gasteiger partial charge >= 0.3 is 0 Å². The Hall–Kier alpha value is -1.88. The molecule has 0 spiro atoms. The summed E-state index contributed by atoms with van der Waals surface area (Å²) in [6.07, 6.45) is 5.63. The number of piperidine rings is 1. The molecular formula is C15H23N5. The Morgan fingerprint density at radius 3 is 2.70 bits per heavy atom. The predicted octanol–water partition coefficient (Wildman–Crippen LogP) is 1.67. The average molecular weight is 273 g/mol. The van der Waals surface area contributed by atoms with Crippen molar-refractivity contribution in [2.75, 3.05) is 6.54 Å². The second-order valence-electron chi connectivity index (χ2n) is 5.33. The highest BCUT2D eigenvalue weighted by Crippen LogP contribution is 2.19. The number of benzene rings is 1. The van der Waals surface area contributed by atoms with Gasteiger partial charge in [0, 0.05) is 12.6 Å². The van der Waals surface area contributed by atoms with Gasteiger partial charge in [0.2, 0.25) is 5.96 Å². The number of hydrogen-bond donors (Lipinski definition) is 2. The van der Waals surface area contributed by atoms with E-state index in [1.807, 2.05) is 12.1 Å². The van der Waals surface area contributed by atoms with Crippen molar-refractivity contribution >= 4 is 12.2 Å². The summed E-state index contributed by atoms with van der Waals surface area (Å²) < 4.78 is 0. The number of nitrogens with two attached hydrogens (primary N) is 2. The maximum Gasteiger partial charge on any atom is 0.211 e. The van der Waals surface area contributed by atoms with E-state index in [-0.39, 0.29) is 5.96 Å². The van der Waals surface area contributed by atoms with Crippen molar-refractivity contribution in [1.82, 2.24) is 4.90 Å². The van der Waals surface area contributed by atoms with E-state index in [0.29, 0.717) is 6.04 Å². The molecule has 5 heteroatoms. The third kappa shape index (κ3) is 4.35. The molecule has 0 aromatic heterocycles. The molecule has 1 saturated heterocycles. The normalized spacial score (nSPS) is 20.1. The molecule has 1 atom stereocenters. The van der Waals surface area contributed by atoms with Crippen LogP contribution in [0.25, 0.3) is 0 Å². The summed E-state index contributed by atoms with van der Waals surface area (Å²) in [5.74, 6) is -0.0306. The molecule has 0 bridgehead atoms. The van der Waals surface area contributed by atoms with Crippen molar-refractivity contribution in [3.05, 3.63) is 35.4 Å². The lowest BCUT2D eigenvalue weighted by Gasteiger charge is -2.33. The largest absolute Gasteiger partial charge is 0.369 e. The quantitative estimate of drug-likeness (QED) is 0.497. The Balaban J connectivity index is 1.94. The standard InChI is InChI=1S/C15H23N5/c1-12-4-2-3-9-20(12)11-14-7-5-13(6-8-14)10-18-19-15(16)17/h5-8,10,12H,2-4,9,11H2,1H3,(H4,16,17,19). The van der Waals surface area contributed by atoms with E-state index in [9.17, 15) is 0 Å². The molecule has 4 N–H and O–H groups in total. The van der Waals surface area contributed by atoms with Gasteiger partial charge in [-0.05, 0) is 37.4 Å². The second-order valence-corrected chi connectivity index (χ2v) is 5.33. The van der Waals surface area contributed by atoms with Crippen LogP contribution in [0, 0.1) is 0 Å². The molecule has 1 aliphatic heterocycles. The van der Waals surface area contributed by atoms with Gasteiger partial charge < -0.3 is 11.5 Å². The summed E-state index contributed by atoms with van der Waals surface area (Å²) in [4.78, 5) is 2.55. The summed E-state index contributed by atoms with van der Waals surface area (Å²) in [5.41, 5.74) is 12.7. The molecule has 1 heterocycles. The van der Waals surface area contributed by atoms with Crippen LogP contribution in [-0.2, 0) is 6.54 Å². The zero-order valence-corrected chi connectivity index (χ0v) is 12.0. The molecular weight excluding hydrogens is 250 g/mol. The van der Waals surface area contributed by atoms with Crippen LogP contribution in [0.4, 0.5) is 0 Å². The molecule has 5 nitrogen and oxygen atoms in total. The lowest BCUT2D eigenvalue weighted by atomic mass is 10.0. The van der Waals surface area contributed by atoms with E-state index in [1.54, 1.807) is 6.21 Å². The van der Waals surface area contributed by atoms with Gasteiger partial charge in [0.25, 0.3) is 0 Å². The fraction of sp³-hybridized carbons (Fsp3) is 0.467. The first-order valence-corrected chi connectivity index (χ1v) is 7.10. The fourth-order valence-electron chi connectivity index (χ4n) is 2.50. The van der Waals surface area contributed by atoms with E-state index in [4.69, 9.17) is 11.5 Å². The summed E-state index contributed by atoms with van der Waals surface area (Å²) in [6.45, 7) is 4.54. The zero-order valence-electron chi connectivity index (χ0n) is 12.0. The van der Waals surface area contributed by atoms with Gasteiger partial charge in [-0.3, -0.25) is 4.90 Å². The molecule has 1 fully saturated rings. The van der Waals surface area contributed by atoms with Crippen molar-refractivity contribution in [2.24, 2.45) is 21.7 Å². The first kappa shape index (κ1) is 14.5. The Morgan fingerprint density at radius 2 is 2.05 bits per heavy atom. The zero-order chi connectivity index (χ0) is 14.4. The minimum absolute atomic E-state index is 0.0306. The third-order valence-electron chi connectivity index (χ3n) is 3.69. The molecule has 108 valence electrons. The van der Waals surface area contributed by atoms with E-state index < -0.39 is 0 Å². The highest BCUT2D eigenvalue weighted by Gasteiger charge is 2.17. The first-order valence-electron chi connectivity index (χ1n) is 7.10. The Bertz CT molecular complexity index is 474. The SMILES string of the molecule is CC1CCCCN1Cc1ccc(C=NN=C(N)N)cc1. The molecule has 0 saturated carbocycles. The topological polar surface area (TPSA) is 80.0 Å². The van der Waals surface area contributed by atoms with Crippen molar-refractivity contribution in [2.45, 2.75) is 38.8 Å². The molecule has 0 amide bonds. The maximum atomic E-state index is 5.21. The van der Waals surface area contributed by atoms with Crippen LogP contribution in [0.3, 0.4) is 0 Å². The minimum Gasteiger partial charge on any atom is -0.369 e. The van der Waals surface area contributed by atoms with Crippen molar-refractivity contribution in [3.63, 3.8) is 0 Å². The van der Waals surface area contributed by atoms with Crippen molar-refractivity contribution < 1.29 is 0 Å². The highest BCUT2D eigenvalue weighted by molar-refractivity contribution is 5.81. The lowest BCUT2D eigenvalue weighted by molar-refractivity contribution is 0.152. The molecule has 0 radical (unpaired) electrons. The highest BCUT2D eigenvalue weighted by atomic mass is 15.3. The molecule has 1 unspecified atom stereocenters. The van der Waals surface area contributed by atoms with Crippen LogP contribution in [0.2, 0.25) is 0 Å². The van der Waals surface area contributed by atoms with Gasteiger partial charge in [-0.25, -0.2) is 0 Å². The first-order chi connectivity index (χ1) is 9.65. The number of nitrogens with zero attached hydrogens (tertiary/aromatic N) is 3. The number of guanidine groups is 1. The fourth-order valence-corrected chi connectivity index (χ4v) is 2.50. The van der Waals surface area contributed by atoms with Crippen LogP contribution in [-0.4, -0.2) is 29.7 Å². The average Bonchev–Trinajstić information content (AvgIpc) is 2.43. The summed E-state index contributed by atoms with van der Waals surface area (Å²) in [6, 6.07) is 9.04. The monoisotopic (exact) mass is 273 g/mol.